The number of nitrogens with one attached hydrogen (secondary N) is 1. The average Bonchev–Trinajstić information content (AvgIpc) is 2.89. The molecule has 0 saturated carbocycles. The minimum Gasteiger partial charge on any atom is -0.316 e. The molecule has 5 heteroatoms. The van der Waals surface area contributed by atoms with Crippen molar-refractivity contribution in [1.29, 1.82) is 0 Å². The Kier molecular flexibility index (Phi) is 5.69. The number of anilines is 1. The van der Waals surface area contributed by atoms with Crippen molar-refractivity contribution in [2.45, 2.75) is 39.0 Å². The zero-order chi connectivity index (χ0) is 16.9. The van der Waals surface area contributed by atoms with E-state index in [4.69, 9.17) is 11.6 Å². The molecule has 1 aromatic heterocycles. The molecule has 0 fully saturated rings. The summed E-state index contributed by atoms with van der Waals surface area (Å²) in [7, 11) is 0. The highest BCUT2D eigenvalue weighted by Gasteiger charge is 2.21. The van der Waals surface area contributed by atoms with Crippen LogP contribution in [0, 0.1) is 0 Å². The number of hydrogen-bond donors (Lipinski definition) is 1. The zero-order valence-electron chi connectivity index (χ0n) is 13.8. The molecule has 0 spiro atoms. The van der Waals surface area contributed by atoms with E-state index in [1.165, 1.54) is 30.6 Å². The summed E-state index contributed by atoms with van der Waals surface area (Å²) >= 11 is 7.66. The summed E-state index contributed by atoms with van der Waals surface area (Å²) < 4.78 is 0. The number of aryl methyl sites for hydroxylation is 1. The fraction of sp³-hybridized carbons (Fsp3) is 0.368. The van der Waals surface area contributed by atoms with Crippen LogP contribution in [0.1, 0.15) is 48.6 Å². The van der Waals surface area contributed by atoms with Crippen LogP contribution < -0.4 is 5.32 Å². The molecule has 3 nitrogen and oxygen atoms in total. The maximum atomic E-state index is 12.0. The topological polar surface area (TPSA) is 41.5 Å². The molecule has 2 heterocycles. The van der Waals surface area contributed by atoms with Crippen molar-refractivity contribution in [3.63, 3.8) is 0 Å². The predicted octanol–water partition coefficient (Wildman–Crippen LogP) is 5.31. The van der Waals surface area contributed by atoms with Gasteiger partial charge in [0.15, 0.2) is 0 Å². The lowest BCUT2D eigenvalue weighted by molar-refractivity contribution is -0.114. The Morgan fingerprint density at radius 1 is 1.21 bits per heavy atom. The van der Waals surface area contributed by atoms with E-state index in [9.17, 15) is 4.79 Å². The van der Waals surface area contributed by atoms with Crippen LogP contribution in [0.2, 0.25) is 5.02 Å². The Morgan fingerprint density at radius 3 is 2.75 bits per heavy atom. The smallest absolute Gasteiger partial charge is 0.246 e. The minimum atomic E-state index is -0.0559. The second-order valence-electron chi connectivity index (χ2n) is 5.99. The second kappa shape index (κ2) is 7.95. The van der Waals surface area contributed by atoms with Crippen LogP contribution in [0.5, 0.6) is 0 Å². The van der Waals surface area contributed by atoms with Gasteiger partial charge in [0.2, 0.25) is 5.91 Å². The molecule has 0 bridgehead atoms. The van der Waals surface area contributed by atoms with Gasteiger partial charge in [-0.05, 0) is 31.0 Å². The second-order valence-corrected chi connectivity index (χ2v) is 7.56. The normalized spacial score (nSPS) is 13.9. The zero-order valence-corrected chi connectivity index (χ0v) is 15.3. The van der Waals surface area contributed by atoms with Crippen molar-refractivity contribution in [2.75, 3.05) is 11.9 Å². The van der Waals surface area contributed by atoms with Crippen LogP contribution in [0.25, 0.3) is 0 Å². The van der Waals surface area contributed by atoms with E-state index in [0.717, 1.165) is 28.3 Å². The molecule has 1 aliphatic rings. The third kappa shape index (κ3) is 4.05. The number of hydrogen-bond acceptors (Lipinski definition) is 3. The third-order valence-electron chi connectivity index (χ3n) is 4.07. The Hall–Kier alpha value is -1.65. The van der Waals surface area contributed by atoms with Crippen molar-refractivity contribution in [1.82, 2.24) is 0 Å². The molecule has 126 valence electrons. The van der Waals surface area contributed by atoms with Gasteiger partial charge in [0.1, 0.15) is 11.5 Å². The van der Waals surface area contributed by atoms with E-state index in [2.05, 4.69) is 23.3 Å². The van der Waals surface area contributed by atoms with Crippen LogP contribution in [-0.4, -0.2) is 18.2 Å². The molecule has 24 heavy (non-hydrogen) atoms. The maximum Gasteiger partial charge on any atom is 0.246 e. The number of benzene rings is 1. The largest absolute Gasteiger partial charge is 0.316 e. The molecule has 1 aliphatic heterocycles. The molecule has 0 aliphatic carbocycles. The fourth-order valence-electron chi connectivity index (χ4n) is 2.82. The summed E-state index contributed by atoms with van der Waals surface area (Å²) in [5.74, 6) is -0.0559. The third-order valence-corrected chi connectivity index (χ3v) is 5.43. The van der Waals surface area contributed by atoms with Crippen molar-refractivity contribution >= 4 is 39.6 Å². The van der Waals surface area contributed by atoms with E-state index >= 15 is 0 Å². The number of thiophene rings is 1. The molecule has 1 aromatic carbocycles. The first-order valence-electron chi connectivity index (χ1n) is 8.40. The summed E-state index contributed by atoms with van der Waals surface area (Å²) in [6.45, 7) is 2.38. The van der Waals surface area contributed by atoms with Crippen LogP contribution in [0.4, 0.5) is 5.00 Å². The molecule has 0 unspecified atom stereocenters. The molecule has 2 aromatic rings. The van der Waals surface area contributed by atoms with Gasteiger partial charge in [0.25, 0.3) is 0 Å². The SMILES string of the molecule is CCCCCCc1cc2c(s1)NC(=O)CN=C2c1ccc(Cl)cc1. The van der Waals surface area contributed by atoms with E-state index < -0.39 is 0 Å². The van der Waals surface area contributed by atoms with Crippen molar-refractivity contribution < 1.29 is 4.79 Å². The minimum absolute atomic E-state index is 0.0559. The molecular formula is C19H21ClN2OS. The van der Waals surface area contributed by atoms with E-state index in [-0.39, 0.29) is 12.5 Å². The number of aliphatic imine (C=N–C) groups is 1. The van der Waals surface area contributed by atoms with Gasteiger partial charge in [-0.1, -0.05) is 49.9 Å². The number of halogens is 1. The van der Waals surface area contributed by atoms with Gasteiger partial charge >= 0.3 is 0 Å². The highest BCUT2D eigenvalue weighted by molar-refractivity contribution is 7.16. The molecule has 1 N–H and O–H groups in total. The van der Waals surface area contributed by atoms with Crippen LogP contribution in [0.3, 0.4) is 0 Å². The lowest BCUT2D eigenvalue weighted by Gasteiger charge is -2.05. The lowest BCUT2D eigenvalue weighted by atomic mass is 10.0. The van der Waals surface area contributed by atoms with Gasteiger partial charge in [0.05, 0.1) is 5.71 Å². The molecule has 0 atom stereocenters. The number of rotatable bonds is 6. The molecule has 1 amide bonds. The monoisotopic (exact) mass is 360 g/mol. The predicted molar refractivity (Wildman–Crippen MR) is 103 cm³/mol. The highest BCUT2D eigenvalue weighted by atomic mass is 35.5. The standard InChI is InChI=1S/C19H21ClN2OS/c1-2-3-4-5-6-15-11-16-18(13-7-9-14(20)10-8-13)21-12-17(23)22-19(16)24-15/h7-11H,2-6,12H2,1H3,(H,22,23). The first-order chi connectivity index (χ1) is 11.7. The molecular weight excluding hydrogens is 340 g/mol. The summed E-state index contributed by atoms with van der Waals surface area (Å²) in [4.78, 5) is 17.8. The number of fused-ring (bicyclic) bond motifs is 1. The molecule has 3 rings (SSSR count). The Bertz CT molecular complexity index is 749. The number of carbonyl (C=O) groups excluding carboxylic acids is 1. The number of amides is 1. The van der Waals surface area contributed by atoms with Gasteiger partial charge in [-0.2, -0.15) is 0 Å². The van der Waals surface area contributed by atoms with Crippen molar-refractivity contribution in [3.05, 3.63) is 51.4 Å². The van der Waals surface area contributed by atoms with Gasteiger partial charge in [0, 0.05) is 21.0 Å². The first-order valence-corrected chi connectivity index (χ1v) is 9.60. The Balaban J connectivity index is 1.88. The molecule has 0 radical (unpaired) electrons. The van der Waals surface area contributed by atoms with Gasteiger partial charge in [-0.15, -0.1) is 11.3 Å². The summed E-state index contributed by atoms with van der Waals surface area (Å²) in [5.41, 5.74) is 2.89. The fourth-order valence-corrected chi connectivity index (χ4v) is 4.06. The number of unbranched alkanes of at least 4 members (excludes halogenated alkanes) is 3. The van der Waals surface area contributed by atoms with E-state index in [1.54, 1.807) is 11.3 Å². The van der Waals surface area contributed by atoms with E-state index in [0.29, 0.717) is 5.02 Å². The quantitative estimate of drug-likeness (QED) is 0.696. The Morgan fingerprint density at radius 2 is 2.00 bits per heavy atom. The van der Waals surface area contributed by atoms with Crippen LogP contribution in [0.15, 0.2) is 35.3 Å². The highest BCUT2D eigenvalue weighted by Crippen LogP contribution is 2.33. The van der Waals surface area contributed by atoms with E-state index in [1.807, 2.05) is 24.3 Å². The van der Waals surface area contributed by atoms with Gasteiger partial charge in [-0.3, -0.25) is 9.79 Å². The number of nitrogens with zero attached hydrogens (tertiary/aromatic N) is 1. The first kappa shape index (κ1) is 17.2. The molecule has 0 saturated heterocycles. The lowest BCUT2D eigenvalue weighted by Crippen LogP contribution is -2.12. The summed E-state index contributed by atoms with van der Waals surface area (Å²) in [6.07, 6.45) is 6.02. The Labute approximate surface area is 151 Å². The maximum absolute atomic E-state index is 12.0. The van der Waals surface area contributed by atoms with Crippen molar-refractivity contribution in [3.8, 4) is 0 Å². The van der Waals surface area contributed by atoms with Crippen molar-refractivity contribution in [2.24, 2.45) is 4.99 Å². The van der Waals surface area contributed by atoms with Gasteiger partial charge in [-0.25, -0.2) is 0 Å². The van der Waals surface area contributed by atoms with Gasteiger partial charge < -0.3 is 5.32 Å². The summed E-state index contributed by atoms with van der Waals surface area (Å²) in [5, 5.41) is 4.61. The van der Waals surface area contributed by atoms with Crippen LogP contribution in [-0.2, 0) is 11.2 Å². The average molecular weight is 361 g/mol. The summed E-state index contributed by atoms with van der Waals surface area (Å²) in [6, 6.07) is 9.82. The number of carbonyl (C=O) groups is 1. The van der Waals surface area contributed by atoms with Crippen LogP contribution >= 0.6 is 22.9 Å².